The average Bonchev–Trinajstić information content (AvgIpc) is 2.42. The third-order valence-electron chi connectivity index (χ3n) is 2.58. The second kappa shape index (κ2) is 6.64. The van der Waals surface area contributed by atoms with E-state index in [0.717, 1.165) is 31.2 Å². The smallest absolute Gasteiger partial charge is 0.137 e. The molecule has 5 heteroatoms. The molecule has 1 heterocycles. The van der Waals surface area contributed by atoms with Gasteiger partial charge in [0.05, 0.1) is 25.4 Å². The van der Waals surface area contributed by atoms with E-state index in [0.29, 0.717) is 17.9 Å². The normalized spacial score (nSPS) is 16.2. The molecule has 1 aliphatic heterocycles. The summed E-state index contributed by atoms with van der Waals surface area (Å²) in [5.41, 5.74) is 0.593. The number of hydrogen-bond acceptors (Lipinski definition) is 5. The van der Waals surface area contributed by atoms with Crippen molar-refractivity contribution < 1.29 is 9.47 Å². The van der Waals surface area contributed by atoms with E-state index in [2.05, 4.69) is 10.4 Å². The van der Waals surface area contributed by atoms with Crippen LogP contribution in [0.5, 0.6) is 5.75 Å². The number of rotatable bonds is 4. The van der Waals surface area contributed by atoms with Crippen LogP contribution in [0.15, 0.2) is 23.1 Å². The predicted molar refractivity (Wildman–Crippen MR) is 70.6 cm³/mol. The highest BCUT2D eigenvalue weighted by Gasteiger charge is 2.13. The first-order valence-corrected chi connectivity index (χ1v) is 6.78. The van der Waals surface area contributed by atoms with Gasteiger partial charge < -0.3 is 9.47 Å². The zero-order valence-corrected chi connectivity index (χ0v) is 11.2. The Kier molecular flexibility index (Phi) is 4.88. The summed E-state index contributed by atoms with van der Waals surface area (Å²) in [6, 6.07) is 7.91. The van der Waals surface area contributed by atoms with Gasteiger partial charge in [0.15, 0.2) is 0 Å². The van der Waals surface area contributed by atoms with Crippen LogP contribution < -0.4 is 4.74 Å². The lowest BCUT2D eigenvalue weighted by Gasteiger charge is -2.25. The van der Waals surface area contributed by atoms with Crippen molar-refractivity contribution in [2.24, 2.45) is 0 Å². The van der Waals surface area contributed by atoms with Gasteiger partial charge >= 0.3 is 0 Å². The summed E-state index contributed by atoms with van der Waals surface area (Å²) >= 11 is 1.67. The summed E-state index contributed by atoms with van der Waals surface area (Å²) in [5, 5.41) is 9.10. The van der Waals surface area contributed by atoms with Gasteiger partial charge in [0.1, 0.15) is 11.8 Å². The Morgan fingerprint density at radius 1 is 1.44 bits per heavy atom. The zero-order valence-electron chi connectivity index (χ0n) is 10.4. The SMILES string of the molecule is CCOc1ccc(SN2CCOCC2)cc1C#N. The van der Waals surface area contributed by atoms with Gasteiger partial charge in [-0.05, 0) is 37.1 Å². The first-order valence-electron chi connectivity index (χ1n) is 6.01. The van der Waals surface area contributed by atoms with Crippen LogP contribution in [0.25, 0.3) is 0 Å². The quantitative estimate of drug-likeness (QED) is 0.781. The van der Waals surface area contributed by atoms with Gasteiger partial charge in [-0.2, -0.15) is 5.26 Å². The lowest BCUT2D eigenvalue weighted by atomic mass is 10.2. The van der Waals surface area contributed by atoms with Crippen molar-refractivity contribution in [3.63, 3.8) is 0 Å². The Bertz CT molecular complexity index is 439. The fourth-order valence-electron chi connectivity index (χ4n) is 1.72. The number of hydrogen-bond donors (Lipinski definition) is 0. The van der Waals surface area contributed by atoms with Crippen molar-refractivity contribution in [1.29, 1.82) is 5.26 Å². The Morgan fingerprint density at radius 3 is 2.89 bits per heavy atom. The lowest BCUT2D eigenvalue weighted by Crippen LogP contribution is -2.30. The standard InChI is InChI=1S/C13H16N2O2S/c1-2-17-13-4-3-12(9-11(13)10-14)18-15-5-7-16-8-6-15/h3-4,9H,2,5-8H2,1H3. The molecule has 0 bridgehead atoms. The molecule has 0 saturated carbocycles. The topological polar surface area (TPSA) is 45.5 Å². The monoisotopic (exact) mass is 264 g/mol. The van der Waals surface area contributed by atoms with Gasteiger partial charge in [0.2, 0.25) is 0 Å². The molecule has 0 amide bonds. The van der Waals surface area contributed by atoms with E-state index < -0.39 is 0 Å². The van der Waals surface area contributed by atoms with E-state index in [9.17, 15) is 0 Å². The Balaban J connectivity index is 2.07. The van der Waals surface area contributed by atoms with E-state index in [-0.39, 0.29) is 0 Å². The zero-order chi connectivity index (χ0) is 12.8. The minimum absolute atomic E-state index is 0.574. The van der Waals surface area contributed by atoms with Crippen molar-refractivity contribution in [3.8, 4) is 11.8 Å². The van der Waals surface area contributed by atoms with Crippen LogP contribution in [0, 0.1) is 11.3 Å². The van der Waals surface area contributed by atoms with E-state index in [1.807, 2.05) is 25.1 Å². The van der Waals surface area contributed by atoms with Crippen molar-refractivity contribution in [2.45, 2.75) is 11.8 Å². The molecule has 0 N–H and O–H groups in total. The first-order chi connectivity index (χ1) is 8.83. The number of morpholine rings is 1. The molecule has 96 valence electrons. The van der Waals surface area contributed by atoms with Gasteiger partial charge in [-0.1, -0.05) is 0 Å². The van der Waals surface area contributed by atoms with Gasteiger partial charge in [-0.25, -0.2) is 4.31 Å². The molecular formula is C13H16N2O2S. The number of benzene rings is 1. The predicted octanol–water partition coefficient (Wildman–Crippen LogP) is 2.30. The summed E-state index contributed by atoms with van der Waals surface area (Å²) in [4.78, 5) is 1.07. The molecule has 0 aromatic heterocycles. The Hall–Kier alpha value is -1.22. The maximum absolute atomic E-state index is 9.10. The minimum Gasteiger partial charge on any atom is -0.492 e. The lowest BCUT2D eigenvalue weighted by molar-refractivity contribution is 0.0773. The van der Waals surface area contributed by atoms with Crippen LogP contribution >= 0.6 is 11.9 Å². The molecule has 0 unspecified atom stereocenters. The molecule has 0 aliphatic carbocycles. The van der Waals surface area contributed by atoms with Crippen molar-refractivity contribution >= 4 is 11.9 Å². The third kappa shape index (κ3) is 3.39. The first kappa shape index (κ1) is 13.2. The molecule has 1 aliphatic rings. The second-order valence-corrected chi connectivity index (χ2v) is 5.01. The molecule has 2 rings (SSSR count). The van der Waals surface area contributed by atoms with Crippen molar-refractivity contribution in [2.75, 3.05) is 32.9 Å². The van der Waals surface area contributed by atoms with Gasteiger partial charge in [0.25, 0.3) is 0 Å². The Morgan fingerprint density at radius 2 is 2.22 bits per heavy atom. The van der Waals surface area contributed by atoms with Crippen molar-refractivity contribution in [1.82, 2.24) is 4.31 Å². The van der Waals surface area contributed by atoms with Crippen molar-refractivity contribution in [3.05, 3.63) is 23.8 Å². The van der Waals surface area contributed by atoms with Gasteiger partial charge in [-0.15, -0.1) is 0 Å². The van der Waals surface area contributed by atoms with Crippen LogP contribution in [0.2, 0.25) is 0 Å². The maximum atomic E-state index is 9.10. The number of ether oxygens (including phenoxy) is 2. The fourth-order valence-corrected chi connectivity index (χ4v) is 2.65. The van der Waals surface area contributed by atoms with Crippen LogP contribution in [-0.2, 0) is 4.74 Å². The fraction of sp³-hybridized carbons (Fsp3) is 0.462. The summed E-state index contributed by atoms with van der Waals surface area (Å²) in [6.45, 7) is 5.87. The molecule has 1 aromatic rings. The third-order valence-corrected chi connectivity index (χ3v) is 3.66. The highest BCUT2D eigenvalue weighted by atomic mass is 32.2. The largest absolute Gasteiger partial charge is 0.492 e. The van der Waals surface area contributed by atoms with Crippen LogP contribution in [-0.4, -0.2) is 37.2 Å². The average molecular weight is 264 g/mol. The second-order valence-electron chi connectivity index (χ2n) is 3.84. The highest BCUT2D eigenvalue weighted by molar-refractivity contribution is 7.97. The van der Waals surface area contributed by atoms with E-state index in [4.69, 9.17) is 14.7 Å². The van der Waals surface area contributed by atoms with E-state index >= 15 is 0 Å². The number of nitrogens with zero attached hydrogens (tertiary/aromatic N) is 2. The molecule has 0 radical (unpaired) electrons. The number of nitriles is 1. The summed E-state index contributed by atoms with van der Waals surface area (Å²) < 4.78 is 13.0. The van der Waals surface area contributed by atoms with Crippen LogP contribution in [0.3, 0.4) is 0 Å². The van der Waals surface area contributed by atoms with Crippen LogP contribution in [0.4, 0.5) is 0 Å². The van der Waals surface area contributed by atoms with E-state index in [1.165, 1.54) is 0 Å². The molecule has 4 nitrogen and oxygen atoms in total. The summed E-state index contributed by atoms with van der Waals surface area (Å²) in [6.07, 6.45) is 0. The summed E-state index contributed by atoms with van der Waals surface area (Å²) in [7, 11) is 0. The molecule has 1 aromatic carbocycles. The molecule has 1 fully saturated rings. The summed E-state index contributed by atoms with van der Waals surface area (Å²) in [5.74, 6) is 0.659. The molecule has 0 spiro atoms. The maximum Gasteiger partial charge on any atom is 0.137 e. The molecule has 1 saturated heterocycles. The molecular weight excluding hydrogens is 248 g/mol. The van der Waals surface area contributed by atoms with E-state index in [1.54, 1.807) is 11.9 Å². The molecule has 18 heavy (non-hydrogen) atoms. The highest BCUT2D eigenvalue weighted by Crippen LogP contribution is 2.28. The van der Waals surface area contributed by atoms with Gasteiger partial charge in [-0.3, -0.25) is 0 Å². The van der Waals surface area contributed by atoms with Crippen LogP contribution in [0.1, 0.15) is 12.5 Å². The molecule has 0 atom stereocenters. The Labute approximate surface area is 112 Å². The minimum atomic E-state index is 0.574. The van der Waals surface area contributed by atoms with Gasteiger partial charge in [0, 0.05) is 18.0 Å².